The maximum absolute atomic E-state index is 10.6. The number of nitrogens with two attached hydrogens (primary N) is 1. The van der Waals surface area contributed by atoms with Crippen LogP contribution in [0.1, 0.15) is 18.0 Å². The van der Waals surface area contributed by atoms with Crippen molar-refractivity contribution in [3.05, 3.63) is 33.9 Å². The van der Waals surface area contributed by atoms with Gasteiger partial charge >= 0.3 is 0 Å². The van der Waals surface area contributed by atoms with Gasteiger partial charge in [-0.2, -0.15) is 5.26 Å². The third-order valence-electron chi connectivity index (χ3n) is 1.92. The number of nitriles is 1. The lowest BCUT2D eigenvalue weighted by atomic mass is 10.0. The molecule has 0 bridgehead atoms. The fourth-order valence-electron chi connectivity index (χ4n) is 1.21. The number of phenolic OH excluding ortho intramolecular Hbond substituents is 1. The van der Waals surface area contributed by atoms with Gasteiger partial charge in [0.15, 0.2) is 0 Å². The van der Waals surface area contributed by atoms with Gasteiger partial charge in [-0.05, 0) is 12.1 Å². The topological polar surface area (TPSA) is 113 Å². The van der Waals surface area contributed by atoms with Crippen molar-refractivity contribution in [2.75, 3.05) is 0 Å². The van der Waals surface area contributed by atoms with E-state index in [1.54, 1.807) is 0 Å². The Morgan fingerprint density at radius 2 is 2.33 bits per heavy atom. The van der Waals surface area contributed by atoms with Crippen molar-refractivity contribution in [3.8, 4) is 11.8 Å². The van der Waals surface area contributed by atoms with Crippen LogP contribution >= 0.6 is 0 Å². The van der Waals surface area contributed by atoms with Crippen LogP contribution in [0, 0.1) is 21.4 Å². The van der Waals surface area contributed by atoms with E-state index in [1.807, 2.05) is 6.07 Å². The zero-order chi connectivity index (χ0) is 11.4. The minimum absolute atomic E-state index is 0.0374. The second-order valence-corrected chi connectivity index (χ2v) is 2.97. The number of phenols is 1. The molecule has 0 saturated heterocycles. The molecule has 0 unspecified atom stereocenters. The van der Waals surface area contributed by atoms with Gasteiger partial charge in [-0.1, -0.05) is 0 Å². The van der Waals surface area contributed by atoms with E-state index >= 15 is 0 Å². The van der Waals surface area contributed by atoms with Crippen LogP contribution in [0.5, 0.6) is 5.75 Å². The second-order valence-electron chi connectivity index (χ2n) is 2.97. The van der Waals surface area contributed by atoms with Crippen LogP contribution < -0.4 is 5.73 Å². The van der Waals surface area contributed by atoms with Crippen LogP contribution in [0.2, 0.25) is 0 Å². The predicted octanol–water partition coefficient (Wildman–Crippen LogP) is 1.21. The maximum atomic E-state index is 10.6. The molecule has 6 nitrogen and oxygen atoms in total. The van der Waals surface area contributed by atoms with E-state index in [0.29, 0.717) is 0 Å². The first-order chi connectivity index (χ1) is 7.06. The van der Waals surface area contributed by atoms with Crippen molar-refractivity contribution >= 4 is 5.69 Å². The molecule has 1 aromatic rings. The molecule has 0 aliphatic carbocycles. The molecule has 0 aromatic heterocycles. The van der Waals surface area contributed by atoms with Gasteiger partial charge in [0, 0.05) is 12.1 Å². The van der Waals surface area contributed by atoms with Gasteiger partial charge in [-0.15, -0.1) is 0 Å². The molecule has 0 aliphatic rings. The van der Waals surface area contributed by atoms with E-state index in [0.717, 1.165) is 0 Å². The Bertz CT molecular complexity index is 425. The summed E-state index contributed by atoms with van der Waals surface area (Å²) >= 11 is 0. The zero-order valence-electron chi connectivity index (χ0n) is 7.75. The average Bonchev–Trinajstić information content (AvgIpc) is 2.17. The summed E-state index contributed by atoms with van der Waals surface area (Å²) in [5.74, 6) is -0.107. The van der Waals surface area contributed by atoms with Gasteiger partial charge in [-0.3, -0.25) is 10.1 Å². The Balaban J connectivity index is 3.19. The molecule has 78 valence electrons. The summed E-state index contributed by atoms with van der Waals surface area (Å²) in [5, 5.41) is 28.2. The quantitative estimate of drug-likeness (QED) is 0.571. The Kier molecular flexibility index (Phi) is 3.21. The lowest BCUT2D eigenvalue weighted by Crippen LogP contribution is -2.11. The summed E-state index contributed by atoms with van der Waals surface area (Å²) in [5.41, 5.74) is 5.56. The number of aromatic hydroxyl groups is 1. The number of hydrogen-bond acceptors (Lipinski definition) is 5. The largest absolute Gasteiger partial charge is 0.508 e. The second kappa shape index (κ2) is 4.39. The standard InChI is InChI=1S/C9H9N3O3/c10-4-3-8(11)7-5-6(13)1-2-9(7)12(14)15/h1-2,5,8,13H,3,11H2/t8-/m1/s1. The molecular formula is C9H9N3O3. The number of nitro groups is 1. The highest BCUT2D eigenvalue weighted by atomic mass is 16.6. The molecule has 1 rings (SSSR count). The van der Waals surface area contributed by atoms with Crippen molar-refractivity contribution in [1.29, 1.82) is 5.26 Å². The highest BCUT2D eigenvalue weighted by Gasteiger charge is 2.19. The van der Waals surface area contributed by atoms with E-state index in [-0.39, 0.29) is 23.4 Å². The minimum atomic E-state index is -0.762. The van der Waals surface area contributed by atoms with Crippen molar-refractivity contribution in [2.45, 2.75) is 12.5 Å². The first-order valence-electron chi connectivity index (χ1n) is 4.16. The van der Waals surface area contributed by atoms with E-state index in [1.165, 1.54) is 18.2 Å². The van der Waals surface area contributed by atoms with E-state index in [9.17, 15) is 15.2 Å². The summed E-state index contributed by atoms with van der Waals surface area (Å²) in [6.07, 6.45) is -0.0374. The first-order valence-corrected chi connectivity index (χ1v) is 4.16. The number of nitro benzene ring substituents is 1. The molecule has 15 heavy (non-hydrogen) atoms. The van der Waals surface area contributed by atoms with Crippen LogP contribution in [-0.2, 0) is 0 Å². The Morgan fingerprint density at radius 3 is 2.87 bits per heavy atom. The normalized spacial score (nSPS) is 11.7. The molecule has 0 radical (unpaired) electrons. The van der Waals surface area contributed by atoms with Crippen molar-refractivity contribution in [2.24, 2.45) is 5.73 Å². The molecule has 3 N–H and O–H groups in total. The van der Waals surface area contributed by atoms with Crippen molar-refractivity contribution in [1.82, 2.24) is 0 Å². The molecule has 0 aliphatic heterocycles. The SMILES string of the molecule is N#CC[C@@H](N)c1cc(O)ccc1[N+](=O)[O-]. The van der Waals surface area contributed by atoms with Gasteiger partial charge in [0.25, 0.3) is 5.69 Å². The van der Waals surface area contributed by atoms with Gasteiger partial charge in [0.05, 0.1) is 23.0 Å². The molecule has 0 saturated carbocycles. The lowest BCUT2D eigenvalue weighted by molar-refractivity contribution is -0.385. The Morgan fingerprint density at radius 1 is 1.67 bits per heavy atom. The summed E-state index contributed by atoms with van der Waals surface area (Å²) in [4.78, 5) is 10.0. The molecule has 6 heteroatoms. The number of hydrogen-bond donors (Lipinski definition) is 2. The highest BCUT2D eigenvalue weighted by Crippen LogP contribution is 2.28. The fourth-order valence-corrected chi connectivity index (χ4v) is 1.21. The van der Waals surface area contributed by atoms with E-state index in [2.05, 4.69) is 0 Å². The third kappa shape index (κ3) is 2.42. The molecule has 1 aromatic carbocycles. The van der Waals surface area contributed by atoms with Gasteiger partial charge in [-0.25, -0.2) is 0 Å². The number of nitrogens with zero attached hydrogens (tertiary/aromatic N) is 2. The highest BCUT2D eigenvalue weighted by molar-refractivity contribution is 5.46. The van der Waals surface area contributed by atoms with Crippen molar-refractivity contribution in [3.63, 3.8) is 0 Å². The summed E-state index contributed by atoms with van der Waals surface area (Å²) < 4.78 is 0. The van der Waals surface area contributed by atoms with Crippen LogP contribution in [0.3, 0.4) is 0 Å². The molecule has 0 spiro atoms. The smallest absolute Gasteiger partial charge is 0.274 e. The zero-order valence-corrected chi connectivity index (χ0v) is 7.75. The lowest BCUT2D eigenvalue weighted by Gasteiger charge is -2.08. The van der Waals surface area contributed by atoms with Gasteiger partial charge in [0.2, 0.25) is 0 Å². The van der Waals surface area contributed by atoms with Crippen LogP contribution in [0.4, 0.5) is 5.69 Å². The van der Waals surface area contributed by atoms with Crippen molar-refractivity contribution < 1.29 is 10.0 Å². The van der Waals surface area contributed by atoms with Gasteiger partial charge < -0.3 is 10.8 Å². The number of benzene rings is 1. The molecule has 0 amide bonds. The van der Waals surface area contributed by atoms with E-state index < -0.39 is 11.0 Å². The fraction of sp³-hybridized carbons (Fsp3) is 0.222. The van der Waals surface area contributed by atoms with Crippen LogP contribution in [0.25, 0.3) is 0 Å². The number of rotatable bonds is 3. The average molecular weight is 207 g/mol. The Labute approximate surface area is 85.7 Å². The monoisotopic (exact) mass is 207 g/mol. The predicted molar refractivity (Wildman–Crippen MR) is 51.9 cm³/mol. The van der Waals surface area contributed by atoms with Gasteiger partial charge in [0.1, 0.15) is 5.75 Å². The van der Waals surface area contributed by atoms with E-state index in [4.69, 9.17) is 11.0 Å². The molecule has 0 fully saturated rings. The molecule has 0 heterocycles. The van der Waals surface area contributed by atoms with Crippen LogP contribution in [-0.4, -0.2) is 10.0 Å². The summed E-state index contributed by atoms with van der Waals surface area (Å²) in [7, 11) is 0. The minimum Gasteiger partial charge on any atom is -0.508 e. The molecular weight excluding hydrogens is 198 g/mol. The maximum Gasteiger partial charge on any atom is 0.274 e. The van der Waals surface area contributed by atoms with Crippen LogP contribution in [0.15, 0.2) is 18.2 Å². The molecule has 1 atom stereocenters. The third-order valence-corrected chi connectivity index (χ3v) is 1.92. The first kappa shape index (κ1) is 10.9. The summed E-state index contributed by atoms with van der Waals surface area (Å²) in [6, 6.07) is 4.65. The Hall–Kier alpha value is -2.13. The summed E-state index contributed by atoms with van der Waals surface area (Å²) in [6.45, 7) is 0.